The lowest BCUT2D eigenvalue weighted by Crippen LogP contribution is -2.40. The van der Waals surface area contributed by atoms with Crippen LogP contribution in [0.4, 0.5) is 16.5 Å². The zero-order chi connectivity index (χ0) is 24.0. The Morgan fingerprint density at radius 2 is 2.15 bits per heavy atom. The topological polar surface area (TPSA) is 146 Å². The monoisotopic (exact) mass is 474 g/mol. The summed E-state index contributed by atoms with van der Waals surface area (Å²) in [7, 11) is 1.54. The SMILES string of the molecule is CCCCn1c(N)c(N(CCOC)CCC(=O)Nc2sc3c(c2C#N)CCC3)c(=O)[nH]c1=O. The van der Waals surface area contributed by atoms with Gasteiger partial charge in [0.05, 0.1) is 12.2 Å². The Hall–Kier alpha value is -3.10. The summed E-state index contributed by atoms with van der Waals surface area (Å²) in [5, 5.41) is 13.0. The predicted octanol–water partition coefficient (Wildman–Crippen LogP) is 1.82. The molecule has 0 atom stereocenters. The van der Waals surface area contributed by atoms with Gasteiger partial charge in [0.15, 0.2) is 0 Å². The van der Waals surface area contributed by atoms with E-state index in [-0.39, 0.29) is 30.4 Å². The molecule has 1 aliphatic carbocycles. The van der Waals surface area contributed by atoms with Gasteiger partial charge >= 0.3 is 5.69 Å². The number of nitrogen functional groups attached to an aromatic ring is 1. The molecular formula is C22H30N6O4S. The van der Waals surface area contributed by atoms with E-state index < -0.39 is 11.2 Å². The Kier molecular flexibility index (Phi) is 8.30. The molecule has 0 spiro atoms. The van der Waals surface area contributed by atoms with Crippen molar-refractivity contribution in [1.29, 1.82) is 5.26 Å². The van der Waals surface area contributed by atoms with Gasteiger partial charge in [-0.15, -0.1) is 11.3 Å². The van der Waals surface area contributed by atoms with Gasteiger partial charge in [-0.3, -0.25) is 19.1 Å². The molecule has 0 aliphatic heterocycles. The fraction of sp³-hybridized carbons (Fsp3) is 0.545. The van der Waals surface area contributed by atoms with Crippen molar-refractivity contribution in [2.45, 2.75) is 52.0 Å². The maximum absolute atomic E-state index is 12.7. The van der Waals surface area contributed by atoms with Crippen molar-refractivity contribution in [2.24, 2.45) is 0 Å². The Morgan fingerprint density at radius 3 is 2.85 bits per heavy atom. The summed E-state index contributed by atoms with van der Waals surface area (Å²) < 4.78 is 6.52. The summed E-state index contributed by atoms with van der Waals surface area (Å²) in [6, 6.07) is 2.22. The lowest BCUT2D eigenvalue weighted by Gasteiger charge is -2.25. The van der Waals surface area contributed by atoms with Gasteiger partial charge in [0.2, 0.25) is 5.91 Å². The van der Waals surface area contributed by atoms with Crippen LogP contribution in [0.5, 0.6) is 0 Å². The van der Waals surface area contributed by atoms with E-state index in [1.54, 1.807) is 12.0 Å². The molecule has 11 heteroatoms. The van der Waals surface area contributed by atoms with Crippen LogP contribution in [0.2, 0.25) is 0 Å². The van der Waals surface area contributed by atoms with E-state index in [0.717, 1.165) is 42.5 Å². The number of thiophene rings is 1. The zero-order valence-corrected chi connectivity index (χ0v) is 19.8. The number of carbonyl (C=O) groups is 1. The number of fused-ring (bicyclic) bond motifs is 1. The molecule has 1 aliphatic rings. The van der Waals surface area contributed by atoms with E-state index in [2.05, 4.69) is 16.4 Å². The predicted molar refractivity (Wildman–Crippen MR) is 129 cm³/mol. The number of aryl methyl sites for hydroxylation is 1. The summed E-state index contributed by atoms with van der Waals surface area (Å²) in [5.74, 6) is -0.182. The fourth-order valence-corrected chi connectivity index (χ4v) is 5.25. The number of nitriles is 1. The average molecular weight is 475 g/mol. The number of amides is 1. The summed E-state index contributed by atoms with van der Waals surface area (Å²) in [5.41, 5.74) is 6.85. The molecular weight excluding hydrogens is 444 g/mol. The first-order valence-corrected chi connectivity index (χ1v) is 11.9. The molecule has 0 bridgehead atoms. The summed E-state index contributed by atoms with van der Waals surface area (Å²) >= 11 is 1.46. The second-order valence-corrected chi connectivity index (χ2v) is 9.05. The number of hydrogen-bond acceptors (Lipinski definition) is 8. The summed E-state index contributed by atoms with van der Waals surface area (Å²) in [4.78, 5) is 42.7. The lowest BCUT2D eigenvalue weighted by molar-refractivity contribution is -0.116. The molecule has 2 aromatic rings. The van der Waals surface area contributed by atoms with Crippen LogP contribution in [-0.2, 0) is 28.9 Å². The molecule has 4 N–H and O–H groups in total. The van der Waals surface area contributed by atoms with E-state index >= 15 is 0 Å². The van der Waals surface area contributed by atoms with Gasteiger partial charge < -0.3 is 20.7 Å². The third-order valence-electron chi connectivity index (χ3n) is 5.73. The van der Waals surface area contributed by atoms with Crippen molar-refractivity contribution in [3.63, 3.8) is 0 Å². The van der Waals surface area contributed by atoms with Gasteiger partial charge in [0, 0.05) is 38.0 Å². The normalized spacial score (nSPS) is 12.4. The number of nitrogens with one attached hydrogen (secondary N) is 2. The number of ether oxygens (including phenoxy) is 1. The lowest BCUT2D eigenvalue weighted by atomic mass is 10.1. The number of carbonyl (C=O) groups excluding carboxylic acids is 1. The number of anilines is 3. The van der Waals surface area contributed by atoms with E-state index in [9.17, 15) is 19.6 Å². The number of rotatable bonds is 11. The number of nitrogens with zero attached hydrogens (tertiary/aromatic N) is 3. The highest BCUT2D eigenvalue weighted by molar-refractivity contribution is 7.16. The molecule has 0 saturated heterocycles. The average Bonchev–Trinajstić information content (AvgIpc) is 3.35. The molecule has 0 fully saturated rings. The molecule has 10 nitrogen and oxygen atoms in total. The van der Waals surface area contributed by atoms with Gasteiger partial charge in [0.25, 0.3) is 5.56 Å². The maximum Gasteiger partial charge on any atom is 0.330 e. The number of aromatic nitrogens is 2. The molecule has 0 saturated carbocycles. The number of aromatic amines is 1. The van der Waals surface area contributed by atoms with E-state index in [1.807, 2.05) is 6.92 Å². The highest BCUT2D eigenvalue weighted by Gasteiger charge is 2.24. The van der Waals surface area contributed by atoms with Crippen LogP contribution in [0.1, 0.15) is 48.6 Å². The van der Waals surface area contributed by atoms with Crippen molar-refractivity contribution in [3.05, 3.63) is 36.8 Å². The van der Waals surface area contributed by atoms with E-state index in [0.29, 0.717) is 30.3 Å². The maximum atomic E-state index is 12.7. The van der Waals surface area contributed by atoms with E-state index in [4.69, 9.17) is 10.5 Å². The van der Waals surface area contributed by atoms with Gasteiger partial charge in [-0.1, -0.05) is 13.3 Å². The van der Waals surface area contributed by atoms with Gasteiger partial charge in [-0.05, 0) is 31.2 Å². The smallest absolute Gasteiger partial charge is 0.330 e. The first kappa shape index (κ1) is 24.5. The number of hydrogen-bond donors (Lipinski definition) is 3. The Morgan fingerprint density at radius 1 is 1.36 bits per heavy atom. The minimum Gasteiger partial charge on any atom is -0.383 e. The Balaban J connectivity index is 1.78. The highest BCUT2D eigenvalue weighted by Crippen LogP contribution is 2.38. The largest absolute Gasteiger partial charge is 0.383 e. The Bertz CT molecular complexity index is 1160. The van der Waals surface area contributed by atoms with Crippen LogP contribution in [0.25, 0.3) is 0 Å². The zero-order valence-electron chi connectivity index (χ0n) is 19.0. The quantitative estimate of drug-likeness (QED) is 0.450. The van der Waals surface area contributed by atoms with Crippen LogP contribution < -0.4 is 27.2 Å². The van der Waals surface area contributed by atoms with Crippen molar-refractivity contribution < 1.29 is 9.53 Å². The van der Waals surface area contributed by atoms with E-state index in [1.165, 1.54) is 15.9 Å². The van der Waals surface area contributed by atoms with Crippen molar-refractivity contribution in [2.75, 3.05) is 42.8 Å². The van der Waals surface area contributed by atoms with Crippen LogP contribution >= 0.6 is 11.3 Å². The van der Waals surface area contributed by atoms with Crippen LogP contribution in [0.15, 0.2) is 9.59 Å². The van der Waals surface area contributed by atoms with Gasteiger partial charge in [-0.2, -0.15) is 5.26 Å². The minimum atomic E-state index is -0.594. The fourth-order valence-electron chi connectivity index (χ4n) is 3.99. The van der Waals surface area contributed by atoms with Crippen molar-refractivity contribution in [1.82, 2.24) is 9.55 Å². The molecule has 1 amide bonds. The molecule has 178 valence electrons. The molecule has 2 heterocycles. The standard InChI is InChI=1S/C22H30N6O4S/c1-3-4-9-28-19(24)18(20(30)26-22(28)31)27(11-12-32-2)10-8-17(29)25-21-15(13-23)14-6-5-7-16(14)33-21/h3-12,24H2,1-2H3,(H,25,29)(H,26,30,31). The first-order chi connectivity index (χ1) is 15.9. The van der Waals surface area contributed by atoms with Crippen LogP contribution in [-0.4, -0.2) is 42.3 Å². The minimum absolute atomic E-state index is 0.0735. The second kappa shape index (κ2) is 11.2. The molecule has 2 aromatic heterocycles. The molecule has 0 aromatic carbocycles. The Labute approximate surface area is 196 Å². The molecule has 33 heavy (non-hydrogen) atoms. The van der Waals surface area contributed by atoms with Crippen LogP contribution in [0.3, 0.4) is 0 Å². The molecule has 0 radical (unpaired) electrons. The van der Waals surface area contributed by atoms with Crippen molar-refractivity contribution in [3.8, 4) is 6.07 Å². The van der Waals surface area contributed by atoms with Crippen LogP contribution in [0, 0.1) is 11.3 Å². The van der Waals surface area contributed by atoms with Gasteiger partial charge in [0.1, 0.15) is 22.6 Å². The number of unbranched alkanes of at least 4 members (excludes halogenated alkanes) is 1. The molecule has 0 unspecified atom stereocenters. The van der Waals surface area contributed by atoms with Gasteiger partial charge in [-0.25, -0.2) is 4.79 Å². The number of nitrogens with two attached hydrogens (primary N) is 1. The third kappa shape index (κ3) is 5.46. The highest BCUT2D eigenvalue weighted by atomic mass is 32.1. The number of H-pyrrole nitrogens is 1. The first-order valence-electron chi connectivity index (χ1n) is 11.1. The summed E-state index contributed by atoms with van der Waals surface area (Å²) in [6.07, 6.45) is 4.52. The number of methoxy groups -OCH3 is 1. The third-order valence-corrected chi connectivity index (χ3v) is 6.93. The molecule has 3 rings (SSSR count). The van der Waals surface area contributed by atoms with Crippen molar-refractivity contribution >= 4 is 33.8 Å². The second-order valence-electron chi connectivity index (χ2n) is 7.95. The summed E-state index contributed by atoms with van der Waals surface area (Å²) in [6.45, 7) is 3.22.